The largest absolute Gasteiger partial charge is 0.382 e. The molecule has 0 aliphatic carbocycles. The molecular formula is C17H20NO. The van der Waals surface area contributed by atoms with Crippen LogP contribution >= 0.6 is 0 Å². The van der Waals surface area contributed by atoms with Crippen LogP contribution in [0.3, 0.4) is 0 Å². The number of hydrogen-bond donors (Lipinski definition) is 1. The molecule has 99 valence electrons. The molecule has 0 unspecified atom stereocenters. The van der Waals surface area contributed by atoms with Gasteiger partial charge in [0.15, 0.2) is 0 Å². The summed E-state index contributed by atoms with van der Waals surface area (Å²) in [6.45, 7) is 3.04. The highest BCUT2D eigenvalue weighted by molar-refractivity contribution is 5.77. The maximum Gasteiger partial charge on any atom is 0.209 e. The first-order valence-corrected chi connectivity index (χ1v) is 6.92. The summed E-state index contributed by atoms with van der Waals surface area (Å²) < 4.78 is 0. The van der Waals surface area contributed by atoms with Gasteiger partial charge in [-0.05, 0) is 18.1 Å². The number of rotatable bonds is 6. The molecular weight excluding hydrogens is 234 g/mol. The zero-order chi connectivity index (χ0) is 13.5. The van der Waals surface area contributed by atoms with Gasteiger partial charge in [-0.2, -0.15) is 0 Å². The molecule has 0 heterocycles. The maximum atomic E-state index is 12.4. The van der Waals surface area contributed by atoms with E-state index in [1.54, 1.807) is 0 Å². The third-order valence-electron chi connectivity index (χ3n) is 3.20. The third-order valence-corrected chi connectivity index (χ3v) is 3.20. The lowest BCUT2D eigenvalue weighted by Crippen LogP contribution is -2.01. The second-order valence-corrected chi connectivity index (χ2v) is 4.68. The maximum absolute atomic E-state index is 12.4. The monoisotopic (exact) mass is 254 g/mol. The first-order valence-electron chi connectivity index (χ1n) is 6.92. The number of hydrogen-bond acceptors (Lipinski definition) is 1. The van der Waals surface area contributed by atoms with Gasteiger partial charge in [0.25, 0.3) is 0 Å². The average molecular weight is 254 g/mol. The Labute approximate surface area is 115 Å². The molecule has 0 atom stereocenters. The number of nitrogens with one attached hydrogen (secondary N) is 1. The predicted octanol–water partition coefficient (Wildman–Crippen LogP) is 5.10. The van der Waals surface area contributed by atoms with E-state index in [1.165, 1.54) is 12.8 Å². The van der Waals surface area contributed by atoms with Gasteiger partial charge in [0.1, 0.15) is 0 Å². The van der Waals surface area contributed by atoms with Crippen LogP contribution in [0.15, 0.2) is 48.5 Å². The standard InChI is InChI=1S/C17H20NO/c1-2-3-7-13-18-16-12-8-11-15(17(16)19)14-9-5-4-6-10-14/h4-6,8-12,18H,2-3,7,13H2,1H3. The Morgan fingerprint density at radius 3 is 2.47 bits per heavy atom. The van der Waals surface area contributed by atoms with Crippen LogP contribution in [0.2, 0.25) is 0 Å². The van der Waals surface area contributed by atoms with Crippen LogP contribution < -0.4 is 5.32 Å². The van der Waals surface area contributed by atoms with Gasteiger partial charge in [0.2, 0.25) is 5.75 Å². The highest BCUT2D eigenvalue weighted by Gasteiger charge is 2.10. The van der Waals surface area contributed by atoms with Crippen molar-refractivity contribution in [1.82, 2.24) is 0 Å². The molecule has 0 aromatic heterocycles. The minimum absolute atomic E-state index is 0.0881. The Kier molecular flexibility index (Phi) is 4.85. The van der Waals surface area contributed by atoms with Crippen LogP contribution in [0.1, 0.15) is 26.2 Å². The fourth-order valence-electron chi connectivity index (χ4n) is 2.12. The molecule has 0 saturated heterocycles. The van der Waals surface area contributed by atoms with E-state index in [0.29, 0.717) is 5.69 Å². The molecule has 0 saturated carbocycles. The molecule has 0 spiro atoms. The number of anilines is 1. The van der Waals surface area contributed by atoms with Gasteiger partial charge < -0.3 is 5.32 Å². The molecule has 2 heteroatoms. The van der Waals surface area contributed by atoms with Crippen molar-refractivity contribution in [3.63, 3.8) is 0 Å². The van der Waals surface area contributed by atoms with E-state index in [-0.39, 0.29) is 5.75 Å². The van der Waals surface area contributed by atoms with Gasteiger partial charge >= 0.3 is 0 Å². The minimum Gasteiger partial charge on any atom is -0.382 e. The van der Waals surface area contributed by atoms with Crippen LogP contribution in [-0.2, 0) is 5.11 Å². The first kappa shape index (κ1) is 13.5. The first-order chi connectivity index (χ1) is 9.33. The van der Waals surface area contributed by atoms with Gasteiger partial charge in [-0.1, -0.05) is 62.2 Å². The second-order valence-electron chi connectivity index (χ2n) is 4.68. The Balaban J connectivity index is 2.14. The summed E-state index contributed by atoms with van der Waals surface area (Å²) in [5, 5.41) is 15.6. The Bertz CT molecular complexity index is 508. The molecule has 0 fully saturated rings. The molecule has 0 aliphatic rings. The van der Waals surface area contributed by atoms with Crippen LogP contribution in [0.25, 0.3) is 11.1 Å². The Morgan fingerprint density at radius 1 is 0.947 bits per heavy atom. The molecule has 2 aromatic rings. The van der Waals surface area contributed by atoms with E-state index in [9.17, 15) is 5.11 Å². The molecule has 2 aromatic carbocycles. The molecule has 1 N–H and O–H groups in total. The summed E-state index contributed by atoms with van der Waals surface area (Å²) in [5.74, 6) is 0.0881. The van der Waals surface area contributed by atoms with Crippen molar-refractivity contribution in [1.29, 1.82) is 0 Å². The quantitative estimate of drug-likeness (QED) is 0.714. The zero-order valence-corrected chi connectivity index (χ0v) is 11.4. The third kappa shape index (κ3) is 3.50. The van der Waals surface area contributed by atoms with Crippen molar-refractivity contribution in [2.75, 3.05) is 11.9 Å². The van der Waals surface area contributed by atoms with Crippen LogP contribution in [0.5, 0.6) is 5.75 Å². The molecule has 0 amide bonds. The number of para-hydroxylation sites is 1. The Morgan fingerprint density at radius 2 is 1.74 bits per heavy atom. The average Bonchev–Trinajstić information content (AvgIpc) is 2.46. The highest BCUT2D eigenvalue weighted by Crippen LogP contribution is 2.35. The minimum atomic E-state index is 0.0881. The highest BCUT2D eigenvalue weighted by atomic mass is 16.3. The van der Waals surface area contributed by atoms with E-state index in [2.05, 4.69) is 12.2 Å². The van der Waals surface area contributed by atoms with Crippen molar-refractivity contribution in [2.45, 2.75) is 26.2 Å². The summed E-state index contributed by atoms with van der Waals surface area (Å²) in [7, 11) is 0. The van der Waals surface area contributed by atoms with Crippen molar-refractivity contribution in [3.05, 3.63) is 48.5 Å². The normalized spacial score (nSPS) is 10.4. The zero-order valence-electron chi connectivity index (χ0n) is 11.4. The van der Waals surface area contributed by atoms with Crippen molar-refractivity contribution in [2.24, 2.45) is 0 Å². The fraction of sp³-hybridized carbons (Fsp3) is 0.294. The van der Waals surface area contributed by atoms with Crippen molar-refractivity contribution < 1.29 is 5.11 Å². The van der Waals surface area contributed by atoms with E-state index in [4.69, 9.17) is 0 Å². The lowest BCUT2D eigenvalue weighted by Gasteiger charge is -2.10. The summed E-state index contributed by atoms with van der Waals surface area (Å²) in [6.07, 6.45) is 3.49. The Hall–Kier alpha value is -1.96. The summed E-state index contributed by atoms with van der Waals surface area (Å²) in [4.78, 5) is 0. The molecule has 2 rings (SSSR count). The lowest BCUT2D eigenvalue weighted by molar-refractivity contribution is 0.358. The van der Waals surface area contributed by atoms with Gasteiger partial charge in [-0.25, -0.2) is 0 Å². The molecule has 2 nitrogen and oxygen atoms in total. The van der Waals surface area contributed by atoms with Crippen LogP contribution in [-0.4, -0.2) is 6.54 Å². The second kappa shape index (κ2) is 6.83. The number of benzene rings is 2. The summed E-state index contributed by atoms with van der Waals surface area (Å²) in [5.41, 5.74) is 2.45. The van der Waals surface area contributed by atoms with Gasteiger partial charge in [0.05, 0.1) is 5.69 Å². The van der Waals surface area contributed by atoms with Gasteiger partial charge in [-0.15, -0.1) is 0 Å². The predicted molar refractivity (Wildman–Crippen MR) is 80.0 cm³/mol. The topological polar surface area (TPSA) is 31.9 Å². The number of unbranched alkanes of at least 4 members (excludes halogenated alkanes) is 2. The van der Waals surface area contributed by atoms with Crippen LogP contribution in [0, 0.1) is 0 Å². The van der Waals surface area contributed by atoms with Crippen LogP contribution in [0.4, 0.5) is 5.69 Å². The van der Waals surface area contributed by atoms with Gasteiger partial charge in [-0.3, -0.25) is 5.11 Å². The summed E-state index contributed by atoms with van der Waals surface area (Å²) in [6, 6.07) is 15.5. The SMILES string of the molecule is CCCCCNc1cccc(-c2ccccc2)c1[O]. The van der Waals surface area contributed by atoms with Crippen molar-refractivity contribution in [3.8, 4) is 16.9 Å². The fourth-order valence-corrected chi connectivity index (χ4v) is 2.12. The van der Waals surface area contributed by atoms with Gasteiger partial charge in [0, 0.05) is 12.1 Å². The van der Waals surface area contributed by atoms with E-state index in [1.807, 2.05) is 48.5 Å². The van der Waals surface area contributed by atoms with E-state index in [0.717, 1.165) is 24.1 Å². The smallest absolute Gasteiger partial charge is 0.209 e. The molecule has 0 aliphatic heterocycles. The molecule has 1 radical (unpaired) electrons. The molecule has 19 heavy (non-hydrogen) atoms. The lowest BCUT2D eigenvalue weighted by atomic mass is 10.0. The molecule has 0 bridgehead atoms. The van der Waals surface area contributed by atoms with E-state index < -0.39 is 0 Å². The van der Waals surface area contributed by atoms with Crippen molar-refractivity contribution >= 4 is 5.69 Å². The summed E-state index contributed by atoms with van der Waals surface area (Å²) >= 11 is 0. The van der Waals surface area contributed by atoms with E-state index >= 15 is 0 Å².